The first-order valence-corrected chi connectivity index (χ1v) is 15.8. The second kappa shape index (κ2) is 11.5. The molecular weight excluding hydrogens is 524 g/mol. The Balaban J connectivity index is 1.63. The highest BCUT2D eigenvalue weighted by molar-refractivity contribution is 6.69. The van der Waals surface area contributed by atoms with Gasteiger partial charge in [-0.1, -0.05) is 23.7 Å². The van der Waals surface area contributed by atoms with E-state index in [0.29, 0.717) is 40.7 Å². The van der Waals surface area contributed by atoms with Crippen LogP contribution in [0.3, 0.4) is 0 Å². The maximum Gasteiger partial charge on any atom is 0.239 e. The fraction of sp³-hybridized carbons (Fsp3) is 0.346. The van der Waals surface area contributed by atoms with Crippen LogP contribution in [0.1, 0.15) is 35.2 Å². The summed E-state index contributed by atoms with van der Waals surface area (Å²) in [6, 6.07) is 12.9. The van der Waals surface area contributed by atoms with Gasteiger partial charge in [-0.3, -0.25) is 19.1 Å². The van der Waals surface area contributed by atoms with Crippen LogP contribution in [0.15, 0.2) is 47.5 Å². The molecule has 4 rings (SSSR count). The van der Waals surface area contributed by atoms with Crippen molar-refractivity contribution in [1.82, 2.24) is 25.4 Å². The fourth-order valence-electron chi connectivity index (χ4n) is 4.17. The molecule has 10 nitrogen and oxygen atoms in total. The number of hydrogen-bond donors (Lipinski definition) is 3. The summed E-state index contributed by atoms with van der Waals surface area (Å²) in [5.41, 5.74) is 3.09. The van der Waals surface area contributed by atoms with Crippen molar-refractivity contribution in [3.8, 4) is 11.4 Å². The van der Waals surface area contributed by atoms with E-state index in [1.54, 1.807) is 32.3 Å². The van der Waals surface area contributed by atoms with Gasteiger partial charge in [0.15, 0.2) is 14.1 Å². The number of nitrogens with zero attached hydrogens (tertiary/aromatic N) is 4. The first kappa shape index (κ1) is 27.5. The van der Waals surface area contributed by atoms with Crippen molar-refractivity contribution in [3.05, 3.63) is 70.3 Å². The lowest BCUT2D eigenvalue weighted by Crippen LogP contribution is -2.39. The molecule has 3 N–H and O–H groups in total. The van der Waals surface area contributed by atoms with Gasteiger partial charge in [0.05, 0.1) is 31.5 Å². The summed E-state index contributed by atoms with van der Waals surface area (Å²) in [6.45, 7) is 5.65. The molecule has 200 valence electrons. The summed E-state index contributed by atoms with van der Waals surface area (Å²) >= 11 is 6.14. The van der Waals surface area contributed by atoms with Crippen LogP contribution < -0.4 is 15.4 Å². The molecule has 0 spiro atoms. The zero-order chi connectivity index (χ0) is 27.4. The summed E-state index contributed by atoms with van der Waals surface area (Å²) in [5, 5.41) is 14.6. The van der Waals surface area contributed by atoms with Crippen LogP contribution in [0.4, 0.5) is 0 Å². The molecule has 0 aliphatic carbocycles. The van der Waals surface area contributed by atoms with Crippen LogP contribution >= 0.6 is 11.6 Å². The molecule has 0 saturated heterocycles. The van der Waals surface area contributed by atoms with Crippen LogP contribution in [-0.2, 0) is 9.59 Å². The number of rotatable bonds is 9. The minimum Gasteiger partial charge on any atom is -0.497 e. The number of nitrogens with one attached hydrogen (secondary N) is 2. The molecule has 0 unspecified atom stereocenters. The molecule has 2 heterocycles. The Kier molecular flexibility index (Phi) is 8.29. The number of carbonyl (C=O) groups is 2. The predicted molar refractivity (Wildman–Crippen MR) is 148 cm³/mol. The number of hydrogen-bond acceptors (Lipinski definition) is 7. The largest absolute Gasteiger partial charge is 0.497 e. The fourth-order valence-corrected chi connectivity index (χ4v) is 5.04. The second-order valence-corrected chi connectivity index (χ2v) is 14.3. The summed E-state index contributed by atoms with van der Waals surface area (Å²) in [7, 11) is -0.653. The van der Waals surface area contributed by atoms with Gasteiger partial charge < -0.3 is 20.2 Å². The van der Waals surface area contributed by atoms with Gasteiger partial charge in [0.1, 0.15) is 17.6 Å². The maximum atomic E-state index is 13.0. The Labute approximate surface area is 227 Å². The number of halogens is 1. The summed E-state index contributed by atoms with van der Waals surface area (Å²) < 4.78 is 7.38. The smallest absolute Gasteiger partial charge is 0.239 e. The molecule has 0 fully saturated rings. The maximum absolute atomic E-state index is 13.0. The van der Waals surface area contributed by atoms with Crippen molar-refractivity contribution in [2.24, 2.45) is 4.99 Å². The van der Waals surface area contributed by atoms with Gasteiger partial charge in [0.25, 0.3) is 0 Å². The van der Waals surface area contributed by atoms with E-state index >= 15 is 0 Å². The molecule has 2 amide bonds. The molecular formula is C26H31ClN6O4Si. The van der Waals surface area contributed by atoms with Crippen molar-refractivity contribution in [3.63, 3.8) is 0 Å². The molecule has 3 aromatic rings. The molecule has 1 aliphatic rings. The molecule has 0 bridgehead atoms. The third-order valence-electron chi connectivity index (χ3n) is 6.13. The first-order valence-electron chi connectivity index (χ1n) is 12.3. The Morgan fingerprint density at radius 1 is 1.11 bits per heavy atom. The number of amides is 2. The van der Waals surface area contributed by atoms with Crippen molar-refractivity contribution in [2.75, 3.05) is 20.2 Å². The molecule has 38 heavy (non-hydrogen) atoms. The number of aliphatic imine (C=N–C) groups is 1. The molecule has 0 radical (unpaired) electrons. The summed E-state index contributed by atoms with van der Waals surface area (Å²) in [6.07, 6.45) is -0.0375. The number of fused-ring (bicyclic) bond motifs is 3. The lowest BCUT2D eigenvalue weighted by atomic mass is 10.00. The Bertz CT molecular complexity index is 1370. The van der Waals surface area contributed by atoms with Gasteiger partial charge >= 0.3 is 0 Å². The van der Waals surface area contributed by atoms with Crippen LogP contribution in [0.25, 0.3) is 5.69 Å². The van der Waals surface area contributed by atoms with E-state index in [1.165, 1.54) is 0 Å². The first-order chi connectivity index (χ1) is 18.1. The highest BCUT2D eigenvalue weighted by Gasteiger charge is 2.30. The molecule has 2 aromatic carbocycles. The van der Waals surface area contributed by atoms with Gasteiger partial charge in [-0.15, -0.1) is 10.2 Å². The summed E-state index contributed by atoms with van der Waals surface area (Å²) in [5.74, 6) is 1.16. The molecule has 1 aliphatic heterocycles. The monoisotopic (exact) mass is 554 g/mol. The Morgan fingerprint density at radius 2 is 1.84 bits per heavy atom. The van der Waals surface area contributed by atoms with E-state index in [1.807, 2.05) is 41.8 Å². The van der Waals surface area contributed by atoms with E-state index in [9.17, 15) is 14.4 Å². The van der Waals surface area contributed by atoms with Crippen molar-refractivity contribution >= 4 is 37.4 Å². The zero-order valence-electron chi connectivity index (χ0n) is 21.8. The summed E-state index contributed by atoms with van der Waals surface area (Å²) in [4.78, 5) is 40.1. The van der Waals surface area contributed by atoms with E-state index in [-0.39, 0.29) is 24.8 Å². The van der Waals surface area contributed by atoms with E-state index < -0.39 is 14.4 Å². The predicted octanol–water partition coefficient (Wildman–Crippen LogP) is 2.95. The highest BCUT2D eigenvalue weighted by atomic mass is 35.5. The second-order valence-electron chi connectivity index (χ2n) is 9.72. The average molecular weight is 555 g/mol. The van der Waals surface area contributed by atoms with Gasteiger partial charge in [-0.05, 0) is 56.4 Å². The highest BCUT2D eigenvalue weighted by Crippen LogP contribution is 2.34. The van der Waals surface area contributed by atoms with Crippen LogP contribution in [0, 0.1) is 6.92 Å². The number of methoxy groups -OCH3 is 1. The number of aromatic nitrogens is 3. The molecule has 12 heteroatoms. The van der Waals surface area contributed by atoms with Gasteiger partial charge in [-0.25, -0.2) is 0 Å². The SMILES string of the molecule is COc1ccc2c(c1)C(c1ccc(Cl)cc1)=N[C@@H](CC(=O)NCC(=O)NCC[Si](C)(C)O)c1nnc(C)n1-2. The number of ether oxygens (including phenoxy) is 1. The zero-order valence-corrected chi connectivity index (χ0v) is 23.5. The topological polar surface area (TPSA) is 131 Å². The van der Waals surface area contributed by atoms with E-state index in [4.69, 9.17) is 21.3 Å². The van der Waals surface area contributed by atoms with E-state index in [2.05, 4.69) is 20.8 Å². The normalized spacial score (nSPS) is 14.6. The number of benzene rings is 2. The van der Waals surface area contributed by atoms with Crippen LogP contribution in [-0.4, -0.2) is 65.6 Å². The Morgan fingerprint density at radius 3 is 2.53 bits per heavy atom. The van der Waals surface area contributed by atoms with Crippen LogP contribution in [0.2, 0.25) is 24.2 Å². The van der Waals surface area contributed by atoms with Gasteiger partial charge in [0.2, 0.25) is 11.8 Å². The third kappa shape index (κ3) is 6.47. The van der Waals surface area contributed by atoms with E-state index in [0.717, 1.165) is 16.8 Å². The lowest BCUT2D eigenvalue weighted by Gasteiger charge is -2.15. The lowest BCUT2D eigenvalue weighted by molar-refractivity contribution is -0.126. The average Bonchev–Trinajstić information content (AvgIpc) is 3.19. The van der Waals surface area contributed by atoms with Gasteiger partial charge in [-0.2, -0.15) is 0 Å². The molecule has 0 saturated carbocycles. The molecule has 1 aromatic heterocycles. The van der Waals surface area contributed by atoms with Crippen molar-refractivity contribution < 1.29 is 19.1 Å². The quantitative estimate of drug-likeness (QED) is 0.349. The number of carbonyl (C=O) groups excluding carboxylic acids is 2. The molecule has 1 atom stereocenters. The van der Waals surface area contributed by atoms with Crippen molar-refractivity contribution in [1.29, 1.82) is 0 Å². The Hall–Kier alpha value is -3.54. The minimum atomic E-state index is -2.25. The van der Waals surface area contributed by atoms with Crippen molar-refractivity contribution in [2.45, 2.75) is 38.5 Å². The minimum absolute atomic E-state index is 0.0375. The standard InChI is InChI=1S/C26H31ClN6O4Si/c1-16-31-32-26-21(14-23(34)29-15-24(35)28-11-12-38(3,4)36)30-25(17-5-7-18(27)8-6-17)20-13-19(37-2)9-10-22(20)33(16)26/h5-10,13,21,36H,11-12,14-15H2,1-4H3,(H,28,35)(H,29,34)/t21-/m0/s1. The van der Waals surface area contributed by atoms with Crippen LogP contribution in [0.5, 0.6) is 5.75 Å². The third-order valence-corrected chi connectivity index (χ3v) is 7.86. The number of aryl methyl sites for hydroxylation is 1. The van der Waals surface area contributed by atoms with Gasteiger partial charge in [0, 0.05) is 22.7 Å².